The van der Waals surface area contributed by atoms with E-state index in [-0.39, 0.29) is 5.91 Å². The average Bonchev–Trinajstić information content (AvgIpc) is 2.60. The topological polar surface area (TPSA) is 82.8 Å². The summed E-state index contributed by atoms with van der Waals surface area (Å²) in [5.41, 5.74) is 6.96. The van der Waals surface area contributed by atoms with Gasteiger partial charge >= 0.3 is 0 Å². The van der Waals surface area contributed by atoms with Crippen molar-refractivity contribution >= 4 is 11.6 Å². The van der Waals surface area contributed by atoms with Gasteiger partial charge in [-0.05, 0) is 43.7 Å². The third-order valence-corrected chi connectivity index (χ3v) is 4.03. The molecule has 0 heterocycles. The highest BCUT2D eigenvalue weighted by atomic mass is 16.5. The molecule has 0 aliphatic heterocycles. The van der Waals surface area contributed by atoms with Gasteiger partial charge in [-0.1, -0.05) is 6.07 Å². The Bertz CT molecular complexity index is 772. The van der Waals surface area contributed by atoms with Gasteiger partial charge in [-0.15, -0.1) is 0 Å². The molecule has 2 aromatic carbocycles. The molecule has 0 saturated carbocycles. The predicted octanol–water partition coefficient (Wildman–Crippen LogP) is 2.96. The quantitative estimate of drug-likeness (QED) is 0.787. The van der Waals surface area contributed by atoms with E-state index in [4.69, 9.17) is 19.9 Å². The van der Waals surface area contributed by atoms with E-state index in [0.29, 0.717) is 28.5 Å². The number of carbonyl (C=O) groups excluding carboxylic acids is 1. The molecule has 0 spiro atoms. The highest BCUT2D eigenvalue weighted by Crippen LogP contribution is 2.32. The zero-order chi connectivity index (χ0) is 18.6. The summed E-state index contributed by atoms with van der Waals surface area (Å²) in [4.78, 5) is 12.6. The minimum atomic E-state index is -0.636. The molecular weight excluding hydrogens is 320 g/mol. The maximum atomic E-state index is 12.6. The first-order chi connectivity index (χ1) is 11.8. The molecule has 0 unspecified atom stereocenters. The maximum Gasteiger partial charge on any atom is 0.254 e. The summed E-state index contributed by atoms with van der Waals surface area (Å²) in [6, 6.07) is 10.5. The Kier molecular flexibility index (Phi) is 5.41. The lowest BCUT2D eigenvalue weighted by atomic mass is 9.93. The van der Waals surface area contributed by atoms with Crippen molar-refractivity contribution in [3.8, 4) is 17.2 Å². The molecule has 2 rings (SSSR count). The fourth-order valence-electron chi connectivity index (χ4n) is 2.52. The minimum Gasteiger partial charge on any atom is -0.497 e. The number of rotatable bonds is 6. The van der Waals surface area contributed by atoms with E-state index in [2.05, 4.69) is 5.32 Å². The van der Waals surface area contributed by atoms with Crippen LogP contribution in [0.1, 0.15) is 29.8 Å². The summed E-state index contributed by atoms with van der Waals surface area (Å²) >= 11 is 0. The van der Waals surface area contributed by atoms with Gasteiger partial charge in [0.15, 0.2) is 11.5 Å². The molecule has 0 atom stereocenters. The second kappa shape index (κ2) is 7.34. The van der Waals surface area contributed by atoms with Crippen LogP contribution in [0.3, 0.4) is 0 Å². The number of amides is 1. The first-order valence-electron chi connectivity index (χ1n) is 7.81. The molecule has 0 bridgehead atoms. The average molecular weight is 344 g/mol. The SMILES string of the molecule is COc1ccc(C(=O)NC(C)(C)c2ccc(OC)c(OC)c2)c(N)c1. The zero-order valence-electron chi connectivity index (χ0n) is 15.2. The molecule has 6 nitrogen and oxygen atoms in total. The van der Waals surface area contributed by atoms with Crippen molar-refractivity contribution in [2.24, 2.45) is 0 Å². The molecule has 3 N–H and O–H groups in total. The van der Waals surface area contributed by atoms with Crippen molar-refractivity contribution in [3.05, 3.63) is 47.5 Å². The molecule has 134 valence electrons. The lowest BCUT2D eigenvalue weighted by molar-refractivity contribution is 0.0913. The van der Waals surface area contributed by atoms with Crippen molar-refractivity contribution < 1.29 is 19.0 Å². The lowest BCUT2D eigenvalue weighted by Gasteiger charge is -2.28. The van der Waals surface area contributed by atoms with Crippen LogP contribution in [-0.2, 0) is 5.54 Å². The van der Waals surface area contributed by atoms with Gasteiger partial charge in [0, 0.05) is 11.8 Å². The van der Waals surface area contributed by atoms with E-state index in [1.807, 2.05) is 32.0 Å². The van der Waals surface area contributed by atoms with Crippen molar-refractivity contribution in [1.82, 2.24) is 5.32 Å². The molecule has 0 aromatic heterocycles. The summed E-state index contributed by atoms with van der Waals surface area (Å²) < 4.78 is 15.7. The normalized spacial score (nSPS) is 10.9. The fraction of sp³-hybridized carbons (Fsp3) is 0.316. The van der Waals surface area contributed by atoms with Gasteiger partial charge in [-0.2, -0.15) is 0 Å². The molecular formula is C19H24N2O4. The Morgan fingerprint density at radius 1 is 0.960 bits per heavy atom. The number of hydrogen-bond donors (Lipinski definition) is 2. The standard InChI is InChI=1S/C19H24N2O4/c1-19(2,12-6-9-16(24-4)17(10-12)25-5)21-18(22)14-8-7-13(23-3)11-15(14)20/h6-11H,20H2,1-5H3,(H,21,22). The van der Waals surface area contributed by atoms with Gasteiger partial charge in [-0.25, -0.2) is 0 Å². The molecule has 6 heteroatoms. The molecule has 0 aliphatic carbocycles. The largest absolute Gasteiger partial charge is 0.497 e. The van der Waals surface area contributed by atoms with E-state index in [1.54, 1.807) is 39.5 Å². The molecule has 25 heavy (non-hydrogen) atoms. The van der Waals surface area contributed by atoms with Crippen LogP contribution in [0.5, 0.6) is 17.2 Å². The lowest BCUT2D eigenvalue weighted by Crippen LogP contribution is -2.41. The van der Waals surface area contributed by atoms with Gasteiger partial charge in [0.25, 0.3) is 5.91 Å². The number of anilines is 1. The number of carbonyl (C=O) groups is 1. The number of hydrogen-bond acceptors (Lipinski definition) is 5. The van der Waals surface area contributed by atoms with E-state index in [1.165, 1.54) is 0 Å². The summed E-state index contributed by atoms with van der Waals surface area (Å²) in [5, 5.41) is 3.00. The Morgan fingerprint density at radius 3 is 2.20 bits per heavy atom. The summed E-state index contributed by atoms with van der Waals surface area (Å²) in [7, 11) is 4.71. The zero-order valence-corrected chi connectivity index (χ0v) is 15.2. The first-order valence-corrected chi connectivity index (χ1v) is 7.81. The molecule has 0 fully saturated rings. The van der Waals surface area contributed by atoms with E-state index in [9.17, 15) is 4.79 Å². The van der Waals surface area contributed by atoms with Crippen LogP contribution in [0.15, 0.2) is 36.4 Å². The van der Waals surface area contributed by atoms with Gasteiger partial charge in [0.05, 0.1) is 32.4 Å². The third-order valence-electron chi connectivity index (χ3n) is 4.03. The van der Waals surface area contributed by atoms with Crippen LogP contribution in [0.4, 0.5) is 5.69 Å². The van der Waals surface area contributed by atoms with Crippen LogP contribution in [0, 0.1) is 0 Å². The Hall–Kier alpha value is -2.89. The second-order valence-corrected chi connectivity index (χ2v) is 6.10. The number of nitrogens with one attached hydrogen (secondary N) is 1. The van der Waals surface area contributed by atoms with Gasteiger partial charge < -0.3 is 25.3 Å². The molecule has 1 amide bonds. The van der Waals surface area contributed by atoms with Gasteiger partial charge in [-0.3, -0.25) is 4.79 Å². The van der Waals surface area contributed by atoms with Crippen LogP contribution in [-0.4, -0.2) is 27.2 Å². The van der Waals surface area contributed by atoms with Crippen molar-refractivity contribution in [1.29, 1.82) is 0 Å². The van der Waals surface area contributed by atoms with E-state index in [0.717, 1.165) is 5.56 Å². The monoisotopic (exact) mass is 344 g/mol. The maximum absolute atomic E-state index is 12.6. The summed E-state index contributed by atoms with van der Waals surface area (Å²) in [6.45, 7) is 3.82. The smallest absolute Gasteiger partial charge is 0.254 e. The third kappa shape index (κ3) is 3.96. The van der Waals surface area contributed by atoms with Crippen LogP contribution in [0.25, 0.3) is 0 Å². The highest BCUT2D eigenvalue weighted by molar-refractivity contribution is 5.99. The van der Waals surface area contributed by atoms with Gasteiger partial charge in [0.1, 0.15) is 5.75 Å². The Labute approximate surface area is 147 Å². The second-order valence-electron chi connectivity index (χ2n) is 6.10. The first kappa shape index (κ1) is 18.4. The number of benzene rings is 2. The summed E-state index contributed by atoms with van der Waals surface area (Å²) in [5.74, 6) is 1.58. The molecule has 0 radical (unpaired) electrons. The predicted molar refractivity (Wildman–Crippen MR) is 97.4 cm³/mol. The molecule has 0 saturated heterocycles. The summed E-state index contributed by atoms with van der Waals surface area (Å²) in [6.07, 6.45) is 0. The Morgan fingerprint density at radius 2 is 1.64 bits per heavy atom. The molecule has 0 aliphatic rings. The van der Waals surface area contributed by atoms with Crippen molar-refractivity contribution in [2.75, 3.05) is 27.1 Å². The fourth-order valence-corrected chi connectivity index (χ4v) is 2.52. The van der Waals surface area contributed by atoms with E-state index < -0.39 is 5.54 Å². The van der Waals surface area contributed by atoms with Crippen LogP contribution < -0.4 is 25.3 Å². The molecule has 2 aromatic rings. The highest BCUT2D eigenvalue weighted by Gasteiger charge is 2.25. The van der Waals surface area contributed by atoms with Crippen molar-refractivity contribution in [3.63, 3.8) is 0 Å². The van der Waals surface area contributed by atoms with Crippen LogP contribution in [0.2, 0.25) is 0 Å². The minimum absolute atomic E-state index is 0.264. The van der Waals surface area contributed by atoms with Crippen LogP contribution >= 0.6 is 0 Å². The number of nitrogens with two attached hydrogens (primary N) is 1. The van der Waals surface area contributed by atoms with E-state index >= 15 is 0 Å². The van der Waals surface area contributed by atoms with Gasteiger partial charge in [0.2, 0.25) is 0 Å². The number of methoxy groups -OCH3 is 3. The Balaban J connectivity index is 2.27. The van der Waals surface area contributed by atoms with Crippen molar-refractivity contribution in [2.45, 2.75) is 19.4 Å². The number of nitrogen functional groups attached to an aromatic ring is 1. The number of ether oxygens (including phenoxy) is 3.